The predicted octanol–water partition coefficient (Wildman–Crippen LogP) is 2.33. The fourth-order valence-electron chi connectivity index (χ4n) is 4.51. The van der Waals surface area contributed by atoms with E-state index >= 15 is 0 Å². The summed E-state index contributed by atoms with van der Waals surface area (Å²) < 4.78 is 37.3. The number of likely N-dealkylation sites (tertiary alicyclic amines) is 1. The van der Waals surface area contributed by atoms with Crippen LogP contribution in [0.5, 0.6) is 0 Å². The number of fused-ring (bicyclic) bond motifs is 1. The summed E-state index contributed by atoms with van der Waals surface area (Å²) in [6.45, 7) is 1.62. The van der Waals surface area contributed by atoms with Gasteiger partial charge in [-0.25, -0.2) is 0 Å². The Kier molecular flexibility index (Phi) is 6.42. The smallest absolute Gasteiger partial charge is 0.353 e. The highest BCUT2D eigenvalue weighted by atomic mass is 35.5. The average molecular weight is 370 g/mol. The number of nitrogens with one attached hydrogen (secondary N) is 2. The fourth-order valence-corrected chi connectivity index (χ4v) is 4.51. The van der Waals surface area contributed by atoms with E-state index in [0.717, 1.165) is 32.4 Å². The van der Waals surface area contributed by atoms with Gasteiger partial charge in [-0.2, -0.15) is 13.2 Å². The van der Waals surface area contributed by atoms with E-state index in [2.05, 4.69) is 10.6 Å². The van der Waals surface area contributed by atoms with E-state index in [1.807, 2.05) is 0 Å². The maximum Gasteiger partial charge on any atom is 0.401 e. The van der Waals surface area contributed by atoms with E-state index in [4.69, 9.17) is 0 Å². The van der Waals surface area contributed by atoms with E-state index in [1.165, 1.54) is 11.3 Å². The van der Waals surface area contributed by atoms with Crippen molar-refractivity contribution >= 4 is 18.3 Å². The van der Waals surface area contributed by atoms with Crippen molar-refractivity contribution in [2.45, 2.75) is 50.7 Å². The summed E-state index contributed by atoms with van der Waals surface area (Å²) in [4.78, 5) is 14.3. The maximum absolute atomic E-state index is 12.8. The van der Waals surface area contributed by atoms with Gasteiger partial charge in [0, 0.05) is 25.7 Å². The second-order valence-corrected chi connectivity index (χ2v) is 7.37. The number of hydrogen-bond acceptors (Lipinski definition) is 3. The summed E-state index contributed by atoms with van der Waals surface area (Å²) in [6, 6.07) is 0.0181. The van der Waals surface area contributed by atoms with Crippen LogP contribution in [0.25, 0.3) is 0 Å². The van der Waals surface area contributed by atoms with E-state index in [9.17, 15) is 18.0 Å². The fraction of sp³-hybridized carbons (Fsp3) is 0.938. The molecule has 0 bridgehead atoms. The Hall–Kier alpha value is -0.530. The minimum Gasteiger partial charge on any atom is -0.353 e. The number of piperidine rings is 1. The predicted molar refractivity (Wildman–Crippen MR) is 88.2 cm³/mol. The third kappa shape index (κ3) is 4.35. The van der Waals surface area contributed by atoms with Gasteiger partial charge >= 0.3 is 6.18 Å². The number of amides is 1. The molecule has 2 N–H and O–H groups in total. The molecule has 0 spiro atoms. The van der Waals surface area contributed by atoms with Gasteiger partial charge in [0.1, 0.15) is 0 Å². The van der Waals surface area contributed by atoms with Crippen LogP contribution < -0.4 is 10.6 Å². The summed E-state index contributed by atoms with van der Waals surface area (Å²) in [7, 11) is 0. The van der Waals surface area contributed by atoms with Crippen molar-refractivity contribution < 1.29 is 18.0 Å². The van der Waals surface area contributed by atoms with Gasteiger partial charge < -0.3 is 10.6 Å². The molecule has 2 aliphatic heterocycles. The molecule has 3 fully saturated rings. The number of rotatable bonds is 3. The van der Waals surface area contributed by atoms with Crippen molar-refractivity contribution in [1.82, 2.24) is 15.5 Å². The molecule has 1 saturated carbocycles. The molecule has 0 unspecified atom stereocenters. The molecule has 0 aromatic carbocycles. The summed E-state index contributed by atoms with van der Waals surface area (Å²) in [5, 5.41) is 6.51. The Bertz CT molecular complexity index is 441. The molecule has 1 amide bonds. The largest absolute Gasteiger partial charge is 0.401 e. The highest BCUT2D eigenvalue weighted by molar-refractivity contribution is 5.85. The summed E-state index contributed by atoms with van der Waals surface area (Å²) in [5.74, 6) is 0.544. The SMILES string of the molecule is Cl.O=C(NC1CCN(CC(F)(F)F)CC1)[C@@]12CCCC[C@H]1CNC2. The quantitative estimate of drug-likeness (QED) is 0.802. The van der Waals surface area contributed by atoms with Crippen molar-refractivity contribution in [3.63, 3.8) is 0 Å². The molecule has 3 aliphatic rings. The van der Waals surface area contributed by atoms with Crippen LogP contribution in [0.3, 0.4) is 0 Å². The first-order chi connectivity index (χ1) is 10.9. The summed E-state index contributed by atoms with van der Waals surface area (Å²) >= 11 is 0. The van der Waals surface area contributed by atoms with Gasteiger partial charge in [-0.3, -0.25) is 9.69 Å². The van der Waals surface area contributed by atoms with Crippen LogP contribution in [0.1, 0.15) is 38.5 Å². The molecule has 0 radical (unpaired) electrons. The Balaban J connectivity index is 0.00000208. The molecular formula is C16H27ClF3N3O. The van der Waals surface area contributed by atoms with E-state index in [1.54, 1.807) is 0 Å². The number of nitrogens with zero attached hydrogens (tertiary/aromatic N) is 1. The molecule has 1 aliphatic carbocycles. The highest BCUT2D eigenvalue weighted by Crippen LogP contribution is 2.44. The minimum atomic E-state index is -4.14. The lowest BCUT2D eigenvalue weighted by Gasteiger charge is -2.39. The van der Waals surface area contributed by atoms with Crippen molar-refractivity contribution in [2.24, 2.45) is 11.3 Å². The van der Waals surface area contributed by atoms with E-state index in [-0.39, 0.29) is 29.8 Å². The van der Waals surface area contributed by atoms with E-state index < -0.39 is 12.7 Å². The standard InChI is InChI=1S/C16H26F3N3O.ClH/c17-16(18,19)11-22-7-4-13(5-8-22)21-14(23)15-6-2-1-3-12(15)9-20-10-15;/h12-13,20H,1-11H2,(H,21,23);1H/t12-,15+;/m0./s1. The van der Waals surface area contributed by atoms with Crippen molar-refractivity contribution in [1.29, 1.82) is 0 Å². The Morgan fingerprint density at radius 1 is 1.21 bits per heavy atom. The van der Waals surface area contributed by atoms with Gasteiger partial charge in [-0.05, 0) is 38.1 Å². The maximum atomic E-state index is 12.8. The number of halogens is 4. The molecule has 24 heavy (non-hydrogen) atoms. The zero-order valence-electron chi connectivity index (χ0n) is 13.8. The molecule has 0 aromatic rings. The van der Waals surface area contributed by atoms with Crippen LogP contribution >= 0.6 is 12.4 Å². The van der Waals surface area contributed by atoms with Gasteiger partial charge in [-0.15, -0.1) is 12.4 Å². The van der Waals surface area contributed by atoms with Crippen LogP contribution in [0.4, 0.5) is 13.2 Å². The zero-order chi connectivity index (χ0) is 16.5. The van der Waals surface area contributed by atoms with Gasteiger partial charge in [-0.1, -0.05) is 12.8 Å². The van der Waals surface area contributed by atoms with Crippen LogP contribution in [-0.4, -0.2) is 55.7 Å². The zero-order valence-corrected chi connectivity index (χ0v) is 14.6. The van der Waals surface area contributed by atoms with Gasteiger partial charge in [0.25, 0.3) is 0 Å². The third-order valence-electron chi connectivity index (χ3n) is 5.82. The van der Waals surface area contributed by atoms with Crippen LogP contribution in [0.15, 0.2) is 0 Å². The normalized spacial score (nSPS) is 32.0. The lowest BCUT2D eigenvalue weighted by atomic mass is 9.67. The number of carbonyl (C=O) groups is 1. The summed E-state index contributed by atoms with van der Waals surface area (Å²) in [5.41, 5.74) is -0.276. The molecule has 4 nitrogen and oxygen atoms in total. The van der Waals surface area contributed by atoms with E-state index in [0.29, 0.717) is 31.8 Å². The average Bonchev–Trinajstić information content (AvgIpc) is 2.93. The van der Waals surface area contributed by atoms with Gasteiger partial charge in [0.05, 0.1) is 12.0 Å². The Labute approximate surface area is 147 Å². The molecule has 2 saturated heterocycles. The molecule has 8 heteroatoms. The van der Waals surface area contributed by atoms with Crippen molar-refractivity contribution in [3.05, 3.63) is 0 Å². The molecule has 3 rings (SSSR count). The van der Waals surface area contributed by atoms with Gasteiger partial charge in [0.2, 0.25) is 5.91 Å². The molecule has 2 heterocycles. The number of hydrogen-bond donors (Lipinski definition) is 2. The molecular weight excluding hydrogens is 343 g/mol. The van der Waals surface area contributed by atoms with Gasteiger partial charge in [0.15, 0.2) is 0 Å². The number of alkyl halides is 3. The molecule has 140 valence electrons. The second kappa shape index (κ2) is 7.79. The lowest BCUT2D eigenvalue weighted by molar-refractivity contribution is -0.149. The lowest BCUT2D eigenvalue weighted by Crippen LogP contribution is -2.53. The van der Waals surface area contributed by atoms with Crippen LogP contribution in [0.2, 0.25) is 0 Å². The second-order valence-electron chi connectivity index (χ2n) is 7.37. The number of carbonyl (C=O) groups excluding carboxylic acids is 1. The van der Waals surface area contributed by atoms with Crippen LogP contribution in [-0.2, 0) is 4.79 Å². The van der Waals surface area contributed by atoms with Crippen LogP contribution in [0, 0.1) is 11.3 Å². The molecule has 0 aromatic heterocycles. The summed E-state index contributed by atoms with van der Waals surface area (Å²) in [6.07, 6.45) is 1.40. The first kappa shape index (κ1) is 19.8. The first-order valence-electron chi connectivity index (χ1n) is 8.70. The Morgan fingerprint density at radius 3 is 2.58 bits per heavy atom. The molecule has 2 atom stereocenters. The monoisotopic (exact) mass is 369 g/mol. The topological polar surface area (TPSA) is 44.4 Å². The minimum absolute atomic E-state index is 0. The third-order valence-corrected chi connectivity index (χ3v) is 5.82. The van der Waals surface area contributed by atoms with Crippen molar-refractivity contribution in [2.75, 3.05) is 32.7 Å². The van der Waals surface area contributed by atoms with Crippen molar-refractivity contribution in [3.8, 4) is 0 Å². The highest BCUT2D eigenvalue weighted by Gasteiger charge is 2.50. The first-order valence-corrected chi connectivity index (χ1v) is 8.70. The Morgan fingerprint density at radius 2 is 1.92 bits per heavy atom.